The van der Waals surface area contributed by atoms with E-state index in [1.54, 1.807) is 26.2 Å². The van der Waals surface area contributed by atoms with Crippen molar-refractivity contribution in [3.63, 3.8) is 0 Å². The first-order valence-corrected chi connectivity index (χ1v) is 10.1. The van der Waals surface area contributed by atoms with Gasteiger partial charge in [0, 0.05) is 17.3 Å². The molecule has 0 spiro atoms. The maximum Gasteiger partial charge on any atom is 0.332 e. The summed E-state index contributed by atoms with van der Waals surface area (Å²) in [5.74, 6) is 0.129. The minimum absolute atomic E-state index is 0.148. The molecule has 0 bridgehead atoms. The van der Waals surface area contributed by atoms with Gasteiger partial charge in [0.2, 0.25) is 0 Å². The Morgan fingerprint density at radius 3 is 2.70 bits per heavy atom. The number of allylic oxidation sites excluding steroid dienone is 1. The van der Waals surface area contributed by atoms with Crippen molar-refractivity contribution in [3.8, 4) is 5.75 Å². The standard InChI is InChI=1S/C24H25FN2O3/c1-4-30-22(28)13-15(2)27-24(17-5-9-18(25)10-6-17)20-12-8-16-7-11-19(29-3)14-21(16)23(20)26-27/h5-7,9-11,13-14,24,26H,4,8,12H2,1-3H3/b15-13+/t24-/m1/s1. The lowest BCUT2D eigenvalue weighted by atomic mass is 9.85. The molecular weight excluding hydrogens is 383 g/mol. The Morgan fingerprint density at radius 1 is 1.23 bits per heavy atom. The monoisotopic (exact) mass is 408 g/mol. The predicted octanol–water partition coefficient (Wildman–Crippen LogP) is 4.52. The number of aryl methyl sites for hydroxylation is 1. The number of fused-ring (bicyclic) bond motifs is 2. The number of hydrazine groups is 1. The van der Waals surface area contributed by atoms with Gasteiger partial charge in [-0.25, -0.2) is 9.18 Å². The zero-order valence-corrected chi connectivity index (χ0v) is 17.4. The summed E-state index contributed by atoms with van der Waals surface area (Å²) in [6, 6.07) is 12.5. The summed E-state index contributed by atoms with van der Waals surface area (Å²) in [5, 5.41) is 1.96. The molecule has 0 aromatic heterocycles. The van der Waals surface area contributed by atoms with Gasteiger partial charge in [-0.3, -0.25) is 10.4 Å². The highest BCUT2D eigenvalue weighted by Crippen LogP contribution is 2.46. The third-order valence-corrected chi connectivity index (χ3v) is 5.57. The first kappa shape index (κ1) is 20.0. The molecule has 0 radical (unpaired) electrons. The van der Waals surface area contributed by atoms with Gasteiger partial charge in [0.25, 0.3) is 0 Å². The molecule has 0 saturated carbocycles. The molecular formula is C24H25FN2O3. The molecule has 156 valence electrons. The molecule has 2 aromatic carbocycles. The summed E-state index contributed by atoms with van der Waals surface area (Å²) in [6.07, 6.45) is 3.26. The van der Waals surface area contributed by atoms with Crippen molar-refractivity contribution in [2.75, 3.05) is 13.7 Å². The van der Waals surface area contributed by atoms with E-state index in [-0.39, 0.29) is 17.8 Å². The highest BCUT2D eigenvalue weighted by Gasteiger charge is 2.37. The summed E-state index contributed by atoms with van der Waals surface area (Å²) < 4.78 is 24.1. The van der Waals surface area contributed by atoms with Gasteiger partial charge in [0.05, 0.1) is 25.5 Å². The Bertz CT molecular complexity index is 1030. The van der Waals surface area contributed by atoms with Crippen LogP contribution >= 0.6 is 0 Å². The van der Waals surface area contributed by atoms with Gasteiger partial charge in [-0.1, -0.05) is 18.2 Å². The number of hydrogen-bond donors (Lipinski definition) is 1. The zero-order chi connectivity index (χ0) is 21.3. The number of methoxy groups -OCH3 is 1. The fourth-order valence-electron chi connectivity index (χ4n) is 4.16. The first-order valence-electron chi connectivity index (χ1n) is 10.1. The van der Waals surface area contributed by atoms with Crippen LogP contribution in [0.5, 0.6) is 5.75 Å². The van der Waals surface area contributed by atoms with E-state index >= 15 is 0 Å². The van der Waals surface area contributed by atoms with Crippen LogP contribution in [0.2, 0.25) is 0 Å². The van der Waals surface area contributed by atoms with E-state index in [9.17, 15) is 9.18 Å². The van der Waals surface area contributed by atoms with E-state index in [0.29, 0.717) is 6.61 Å². The minimum atomic E-state index is -0.387. The van der Waals surface area contributed by atoms with E-state index < -0.39 is 0 Å². The Kier molecular flexibility index (Phi) is 5.48. The van der Waals surface area contributed by atoms with Crippen LogP contribution in [0.25, 0.3) is 5.70 Å². The number of benzene rings is 2. The average molecular weight is 408 g/mol. The van der Waals surface area contributed by atoms with E-state index in [4.69, 9.17) is 9.47 Å². The molecule has 1 atom stereocenters. The number of ether oxygens (including phenoxy) is 2. The molecule has 30 heavy (non-hydrogen) atoms. The SMILES string of the molecule is CCOC(=O)/C=C(\C)N1NC2=C(CCc3ccc(OC)cc32)[C@H]1c1ccc(F)cc1. The van der Waals surface area contributed by atoms with Crippen molar-refractivity contribution < 1.29 is 18.7 Å². The first-order chi connectivity index (χ1) is 14.5. The van der Waals surface area contributed by atoms with Crippen molar-refractivity contribution >= 4 is 11.7 Å². The van der Waals surface area contributed by atoms with Crippen molar-refractivity contribution in [1.82, 2.24) is 10.4 Å². The van der Waals surface area contributed by atoms with Crippen LogP contribution in [-0.2, 0) is 16.0 Å². The third-order valence-electron chi connectivity index (χ3n) is 5.57. The number of halogens is 1. The highest BCUT2D eigenvalue weighted by atomic mass is 19.1. The van der Waals surface area contributed by atoms with Gasteiger partial charge in [-0.15, -0.1) is 0 Å². The quantitative estimate of drug-likeness (QED) is 0.582. The molecule has 2 aromatic rings. The van der Waals surface area contributed by atoms with Gasteiger partial charge in [-0.2, -0.15) is 0 Å². The lowest BCUT2D eigenvalue weighted by Gasteiger charge is -2.29. The van der Waals surface area contributed by atoms with Crippen LogP contribution in [0.15, 0.2) is 59.8 Å². The van der Waals surface area contributed by atoms with Crippen LogP contribution in [-0.4, -0.2) is 24.7 Å². The lowest BCUT2D eigenvalue weighted by molar-refractivity contribution is -0.137. The van der Waals surface area contributed by atoms with E-state index in [0.717, 1.165) is 41.1 Å². The number of carbonyl (C=O) groups is 1. The molecule has 0 amide bonds. The smallest absolute Gasteiger partial charge is 0.332 e. The van der Waals surface area contributed by atoms with Gasteiger partial charge in [0.1, 0.15) is 11.6 Å². The van der Waals surface area contributed by atoms with Crippen LogP contribution in [0, 0.1) is 5.82 Å². The van der Waals surface area contributed by atoms with E-state index in [1.807, 2.05) is 24.1 Å². The Balaban J connectivity index is 1.79. The summed E-state index contributed by atoms with van der Waals surface area (Å²) in [6.45, 7) is 3.96. The maximum absolute atomic E-state index is 13.6. The summed E-state index contributed by atoms with van der Waals surface area (Å²) in [5.41, 5.74) is 9.74. The second kappa shape index (κ2) is 8.22. The van der Waals surface area contributed by atoms with Crippen LogP contribution in [0.3, 0.4) is 0 Å². The van der Waals surface area contributed by atoms with Crippen molar-refractivity contribution in [2.24, 2.45) is 0 Å². The number of carbonyl (C=O) groups excluding carboxylic acids is 1. The molecule has 1 heterocycles. The number of esters is 1. The fourth-order valence-corrected chi connectivity index (χ4v) is 4.16. The molecule has 4 rings (SSSR count). The highest BCUT2D eigenvalue weighted by molar-refractivity contribution is 5.83. The molecule has 0 fully saturated rings. The largest absolute Gasteiger partial charge is 0.497 e. The summed E-state index contributed by atoms with van der Waals surface area (Å²) in [4.78, 5) is 12.1. The number of hydrogen-bond acceptors (Lipinski definition) is 5. The van der Waals surface area contributed by atoms with Crippen molar-refractivity contribution in [1.29, 1.82) is 0 Å². The van der Waals surface area contributed by atoms with Crippen molar-refractivity contribution in [3.05, 3.63) is 82.3 Å². The average Bonchev–Trinajstić information content (AvgIpc) is 3.14. The molecule has 6 heteroatoms. The van der Waals surface area contributed by atoms with E-state index in [2.05, 4.69) is 11.5 Å². The molecule has 1 N–H and O–H groups in total. The lowest BCUT2D eigenvalue weighted by Crippen LogP contribution is -2.33. The van der Waals surface area contributed by atoms with Crippen LogP contribution in [0.4, 0.5) is 4.39 Å². The van der Waals surface area contributed by atoms with Gasteiger partial charge >= 0.3 is 5.97 Å². The minimum Gasteiger partial charge on any atom is -0.497 e. The predicted molar refractivity (Wildman–Crippen MR) is 113 cm³/mol. The normalized spacial score (nSPS) is 17.9. The zero-order valence-electron chi connectivity index (χ0n) is 17.4. The van der Waals surface area contributed by atoms with Crippen LogP contribution < -0.4 is 10.2 Å². The summed E-state index contributed by atoms with van der Waals surface area (Å²) >= 11 is 0. The van der Waals surface area contributed by atoms with E-state index in [1.165, 1.54) is 29.3 Å². The van der Waals surface area contributed by atoms with Gasteiger partial charge < -0.3 is 9.47 Å². The third kappa shape index (κ3) is 3.65. The second-order valence-electron chi connectivity index (χ2n) is 7.40. The number of rotatable bonds is 5. The number of nitrogens with one attached hydrogen (secondary N) is 1. The molecule has 1 aliphatic heterocycles. The Labute approximate surface area is 175 Å². The van der Waals surface area contributed by atoms with Crippen LogP contribution in [0.1, 0.15) is 43.0 Å². The van der Waals surface area contributed by atoms with Gasteiger partial charge in [0.15, 0.2) is 0 Å². The summed E-state index contributed by atoms with van der Waals surface area (Å²) in [7, 11) is 1.65. The molecule has 1 aliphatic carbocycles. The Morgan fingerprint density at radius 2 is 2.00 bits per heavy atom. The molecule has 2 aliphatic rings. The second-order valence-corrected chi connectivity index (χ2v) is 7.40. The van der Waals surface area contributed by atoms with Gasteiger partial charge in [-0.05, 0) is 67.7 Å². The molecule has 0 saturated heterocycles. The maximum atomic E-state index is 13.6. The molecule has 0 unspecified atom stereocenters. The Hall–Kier alpha value is -3.28. The van der Waals surface area contributed by atoms with Crippen molar-refractivity contribution in [2.45, 2.75) is 32.7 Å². The number of nitrogens with zero attached hydrogens (tertiary/aromatic N) is 1. The fraction of sp³-hybridized carbons (Fsp3) is 0.292. The topological polar surface area (TPSA) is 50.8 Å². The molecule has 5 nitrogen and oxygen atoms in total.